The van der Waals surface area contributed by atoms with Gasteiger partial charge in [-0.2, -0.15) is 0 Å². The molecule has 0 amide bonds. The van der Waals surface area contributed by atoms with Crippen LogP contribution < -0.4 is 11.3 Å². The summed E-state index contributed by atoms with van der Waals surface area (Å²) in [4.78, 5) is 18.3. The number of hydrogen-bond donors (Lipinski definition) is 2. The molecule has 3 N–H and O–H groups in total. The van der Waals surface area contributed by atoms with Crippen LogP contribution in [0.5, 0.6) is 0 Å². The predicted octanol–water partition coefficient (Wildman–Crippen LogP) is 2.23. The van der Waals surface area contributed by atoms with E-state index in [4.69, 9.17) is 5.73 Å². The molecular weight excluding hydrogens is 234 g/mol. The SMILES string of the molecule is Nc1ccc2nc(-c3cc[nH]c(=O)c3)sc2c1. The molecule has 0 spiro atoms. The zero-order chi connectivity index (χ0) is 11.8. The van der Waals surface area contributed by atoms with E-state index in [2.05, 4.69) is 9.97 Å². The van der Waals surface area contributed by atoms with Gasteiger partial charge in [0.2, 0.25) is 5.56 Å². The molecule has 2 aromatic heterocycles. The first-order valence-corrected chi connectivity index (χ1v) is 5.89. The van der Waals surface area contributed by atoms with Crippen LogP contribution in [0.15, 0.2) is 41.3 Å². The lowest BCUT2D eigenvalue weighted by Crippen LogP contribution is -2.01. The first kappa shape index (κ1) is 10.0. The van der Waals surface area contributed by atoms with E-state index in [1.165, 1.54) is 11.3 Å². The van der Waals surface area contributed by atoms with Crippen LogP contribution in [0.3, 0.4) is 0 Å². The molecule has 0 aliphatic heterocycles. The highest BCUT2D eigenvalue weighted by Crippen LogP contribution is 2.30. The predicted molar refractivity (Wildman–Crippen MR) is 70.1 cm³/mol. The molecule has 3 aromatic rings. The number of nitrogens with two attached hydrogens (primary N) is 1. The molecule has 1 aromatic carbocycles. The fraction of sp³-hybridized carbons (Fsp3) is 0. The summed E-state index contributed by atoms with van der Waals surface area (Å²) in [6.07, 6.45) is 1.62. The fourth-order valence-electron chi connectivity index (χ4n) is 1.64. The average Bonchev–Trinajstić information content (AvgIpc) is 2.72. The number of pyridine rings is 1. The largest absolute Gasteiger partial charge is 0.399 e. The minimum absolute atomic E-state index is 0.124. The Morgan fingerprint density at radius 2 is 2.12 bits per heavy atom. The van der Waals surface area contributed by atoms with Crippen LogP contribution in [0, 0.1) is 0 Å². The summed E-state index contributed by atoms with van der Waals surface area (Å²) in [6, 6.07) is 8.98. The Hall–Kier alpha value is -2.14. The van der Waals surface area contributed by atoms with Crippen molar-refractivity contribution in [2.45, 2.75) is 0 Å². The number of nitrogen functional groups attached to an aromatic ring is 1. The molecule has 4 nitrogen and oxygen atoms in total. The molecule has 84 valence electrons. The number of thiazole rings is 1. The van der Waals surface area contributed by atoms with Crippen molar-refractivity contribution in [3.05, 3.63) is 46.9 Å². The van der Waals surface area contributed by atoms with Gasteiger partial charge in [0.05, 0.1) is 10.2 Å². The van der Waals surface area contributed by atoms with E-state index in [9.17, 15) is 4.79 Å². The van der Waals surface area contributed by atoms with Crippen molar-refractivity contribution in [3.8, 4) is 10.6 Å². The van der Waals surface area contributed by atoms with Crippen LogP contribution in [0.25, 0.3) is 20.8 Å². The lowest BCUT2D eigenvalue weighted by molar-refractivity contribution is 1.24. The monoisotopic (exact) mass is 243 g/mol. The van der Waals surface area contributed by atoms with Gasteiger partial charge in [0.25, 0.3) is 0 Å². The molecule has 3 rings (SSSR count). The van der Waals surface area contributed by atoms with Crippen LogP contribution in [0.4, 0.5) is 5.69 Å². The summed E-state index contributed by atoms with van der Waals surface area (Å²) in [6.45, 7) is 0. The highest BCUT2D eigenvalue weighted by Gasteiger charge is 2.06. The topological polar surface area (TPSA) is 71.8 Å². The number of nitrogens with zero attached hydrogens (tertiary/aromatic N) is 1. The van der Waals surface area contributed by atoms with Gasteiger partial charge in [-0.25, -0.2) is 4.98 Å². The number of benzene rings is 1. The summed E-state index contributed by atoms with van der Waals surface area (Å²) in [5.74, 6) is 0. The van der Waals surface area contributed by atoms with E-state index in [-0.39, 0.29) is 5.56 Å². The zero-order valence-corrected chi connectivity index (χ0v) is 9.62. The van der Waals surface area contributed by atoms with Crippen molar-refractivity contribution in [3.63, 3.8) is 0 Å². The number of fused-ring (bicyclic) bond motifs is 1. The Bertz CT molecular complexity index is 745. The number of aromatic amines is 1. The van der Waals surface area contributed by atoms with E-state index >= 15 is 0 Å². The normalized spacial score (nSPS) is 10.8. The van der Waals surface area contributed by atoms with E-state index in [1.807, 2.05) is 24.3 Å². The van der Waals surface area contributed by atoms with Gasteiger partial charge in [0.15, 0.2) is 0 Å². The fourth-order valence-corrected chi connectivity index (χ4v) is 2.65. The highest BCUT2D eigenvalue weighted by molar-refractivity contribution is 7.21. The smallest absolute Gasteiger partial charge is 0.248 e. The van der Waals surface area contributed by atoms with Gasteiger partial charge in [-0.1, -0.05) is 0 Å². The number of aromatic nitrogens is 2. The Balaban J connectivity index is 2.21. The standard InChI is InChI=1S/C12H9N3OS/c13-8-1-2-9-10(6-8)17-12(15-9)7-3-4-14-11(16)5-7/h1-6H,13H2,(H,14,16). The molecule has 17 heavy (non-hydrogen) atoms. The van der Waals surface area contributed by atoms with Crippen molar-refractivity contribution in [1.82, 2.24) is 9.97 Å². The van der Waals surface area contributed by atoms with Gasteiger partial charge in [-0.15, -0.1) is 11.3 Å². The average molecular weight is 243 g/mol. The van der Waals surface area contributed by atoms with Crippen molar-refractivity contribution >= 4 is 27.2 Å². The van der Waals surface area contributed by atoms with Gasteiger partial charge in [0, 0.05) is 23.5 Å². The van der Waals surface area contributed by atoms with Crippen molar-refractivity contribution in [1.29, 1.82) is 0 Å². The van der Waals surface area contributed by atoms with Gasteiger partial charge in [-0.3, -0.25) is 4.79 Å². The molecule has 5 heteroatoms. The van der Waals surface area contributed by atoms with Crippen molar-refractivity contribution < 1.29 is 0 Å². The minimum atomic E-state index is -0.124. The van der Waals surface area contributed by atoms with Gasteiger partial charge >= 0.3 is 0 Å². The zero-order valence-electron chi connectivity index (χ0n) is 8.81. The second-order valence-electron chi connectivity index (χ2n) is 3.69. The Kier molecular flexibility index (Phi) is 2.19. The molecule has 0 saturated heterocycles. The van der Waals surface area contributed by atoms with E-state index in [0.717, 1.165) is 26.5 Å². The molecule has 0 bridgehead atoms. The molecule has 0 unspecified atom stereocenters. The third-order valence-corrected chi connectivity index (χ3v) is 3.50. The Labute approximate surface area is 101 Å². The third kappa shape index (κ3) is 1.81. The molecule has 2 heterocycles. The Morgan fingerprint density at radius 1 is 1.24 bits per heavy atom. The van der Waals surface area contributed by atoms with Crippen LogP contribution in [-0.4, -0.2) is 9.97 Å². The maximum Gasteiger partial charge on any atom is 0.248 e. The molecule has 0 aliphatic rings. The second-order valence-corrected chi connectivity index (χ2v) is 4.72. The number of hydrogen-bond acceptors (Lipinski definition) is 4. The number of rotatable bonds is 1. The second kappa shape index (κ2) is 3.71. The maximum absolute atomic E-state index is 11.2. The first-order valence-electron chi connectivity index (χ1n) is 5.07. The van der Waals surface area contributed by atoms with E-state index in [1.54, 1.807) is 12.3 Å². The molecular formula is C12H9N3OS. The summed E-state index contributed by atoms with van der Waals surface area (Å²) in [5.41, 5.74) is 8.05. The number of anilines is 1. The summed E-state index contributed by atoms with van der Waals surface area (Å²) in [7, 11) is 0. The number of H-pyrrole nitrogens is 1. The molecule has 0 atom stereocenters. The van der Waals surface area contributed by atoms with Crippen LogP contribution in [0.1, 0.15) is 0 Å². The quantitative estimate of drug-likeness (QED) is 0.644. The van der Waals surface area contributed by atoms with Crippen LogP contribution in [-0.2, 0) is 0 Å². The maximum atomic E-state index is 11.2. The first-order chi connectivity index (χ1) is 8.22. The van der Waals surface area contributed by atoms with Gasteiger partial charge < -0.3 is 10.7 Å². The third-order valence-electron chi connectivity index (χ3n) is 2.43. The van der Waals surface area contributed by atoms with Gasteiger partial charge in [0.1, 0.15) is 5.01 Å². The lowest BCUT2D eigenvalue weighted by Gasteiger charge is -1.92. The van der Waals surface area contributed by atoms with Crippen LogP contribution in [0.2, 0.25) is 0 Å². The summed E-state index contributed by atoms with van der Waals surface area (Å²) < 4.78 is 1.03. The van der Waals surface area contributed by atoms with Crippen LogP contribution >= 0.6 is 11.3 Å². The van der Waals surface area contributed by atoms with E-state index < -0.39 is 0 Å². The minimum Gasteiger partial charge on any atom is -0.399 e. The number of nitrogens with one attached hydrogen (secondary N) is 1. The van der Waals surface area contributed by atoms with Crippen molar-refractivity contribution in [2.75, 3.05) is 5.73 Å². The molecule has 0 saturated carbocycles. The molecule has 0 radical (unpaired) electrons. The summed E-state index contributed by atoms with van der Waals surface area (Å²) in [5, 5.41) is 0.830. The van der Waals surface area contributed by atoms with Crippen molar-refractivity contribution in [2.24, 2.45) is 0 Å². The molecule has 0 aliphatic carbocycles. The highest BCUT2D eigenvalue weighted by atomic mass is 32.1. The Morgan fingerprint density at radius 3 is 2.94 bits per heavy atom. The van der Waals surface area contributed by atoms with E-state index in [0.29, 0.717) is 0 Å². The lowest BCUT2D eigenvalue weighted by atomic mass is 10.3. The molecule has 0 fully saturated rings. The summed E-state index contributed by atoms with van der Waals surface area (Å²) >= 11 is 1.53. The van der Waals surface area contributed by atoms with Gasteiger partial charge in [-0.05, 0) is 24.3 Å².